The first-order valence-electron chi connectivity index (χ1n) is 7.62. The van der Waals surface area contributed by atoms with Gasteiger partial charge in [0.1, 0.15) is 5.84 Å². The molecule has 2 fully saturated rings. The van der Waals surface area contributed by atoms with Gasteiger partial charge >= 0.3 is 0 Å². The van der Waals surface area contributed by atoms with E-state index in [2.05, 4.69) is 21.9 Å². The van der Waals surface area contributed by atoms with Crippen molar-refractivity contribution in [3.63, 3.8) is 0 Å². The van der Waals surface area contributed by atoms with E-state index in [1.54, 1.807) is 0 Å². The second-order valence-corrected chi connectivity index (χ2v) is 6.03. The Labute approximate surface area is 121 Å². The van der Waals surface area contributed by atoms with Gasteiger partial charge in [-0.3, -0.25) is 15.2 Å². The molecule has 2 aliphatic heterocycles. The largest absolute Gasteiger partial charge is 0.384 e. The molecule has 1 aromatic carbocycles. The average molecular weight is 272 g/mol. The lowest BCUT2D eigenvalue weighted by Gasteiger charge is -2.44. The molecule has 1 atom stereocenters. The average Bonchev–Trinajstić information content (AvgIpc) is 2.48. The fourth-order valence-corrected chi connectivity index (χ4v) is 3.41. The Bertz CT molecular complexity index is 468. The van der Waals surface area contributed by atoms with Crippen LogP contribution in [0.1, 0.15) is 30.4 Å². The smallest absolute Gasteiger partial charge is 0.122 e. The van der Waals surface area contributed by atoms with Crippen LogP contribution in [0.5, 0.6) is 0 Å². The molecule has 0 spiro atoms. The quantitative estimate of drug-likeness (QED) is 0.649. The number of hydrogen-bond acceptors (Lipinski definition) is 3. The van der Waals surface area contributed by atoms with Gasteiger partial charge in [-0.2, -0.15) is 0 Å². The summed E-state index contributed by atoms with van der Waals surface area (Å²) in [5.41, 5.74) is 7.62. The highest BCUT2D eigenvalue weighted by Crippen LogP contribution is 2.22. The van der Waals surface area contributed by atoms with Crippen LogP contribution in [-0.4, -0.2) is 47.9 Å². The van der Waals surface area contributed by atoms with Crippen molar-refractivity contribution < 1.29 is 0 Å². The fourth-order valence-electron chi connectivity index (χ4n) is 3.41. The number of amidine groups is 1. The summed E-state index contributed by atoms with van der Waals surface area (Å²) in [5, 5.41) is 7.42. The molecule has 0 saturated carbocycles. The van der Waals surface area contributed by atoms with E-state index in [-0.39, 0.29) is 5.84 Å². The van der Waals surface area contributed by atoms with E-state index in [4.69, 9.17) is 11.1 Å². The van der Waals surface area contributed by atoms with Gasteiger partial charge in [-0.05, 0) is 24.9 Å². The molecule has 2 heterocycles. The molecule has 0 bridgehead atoms. The number of piperidine rings is 1. The summed E-state index contributed by atoms with van der Waals surface area (Å²) < 4.78 is 0. The Kier molecular flexibility index (Phi) is 4.03. The number of nitrogens with zero attached hydrogens (tertiary/aromatic N) is 2. The molecule has 108 valence electrons. The molecule has 3 N–H and O–H groups in total. The summed E-state index contributed by atoms with van der Waals surface area (Å²) in [6.07, 6.45) is 4.13. The highest BCUT2D eigenvalue weighted by Gasteiger charge is 2.28. The van der Waals surface area contributed by atoms with Crippen LogP contribution < -0.4 is 5.73 Å². The Hall–Kier alpha value is -1.39. The van der Waals surface area contributed by atoms with E-state index in [0.717, 1.165) is 18.2 Å². The molecule has 20 heavy (non-hydrogen) atoms. The first-order chi connectivity index (χ1) is 9.72. The summed E-state index contributed by atoms with van der Waals surface area (Å²) >= 11 is 0. The van der Waals surface area contributed by atoms with Crippen molar-refractivity contribution in [2.24, 2.45) is 5.73 Å². The second-order valence-electron chi connectivity index (χ2n) is 6.03. The number of nitrogens with two attached hydrogens (primary N) is 1. The molecule has 0 amide bonds. The monoisotopic (exact) mass is 272 g/mol. The molecule has 4 nitrogen and oxygen atoms in total. The number of piperazine rings is 1. The minimum absolute atomic E-state index is 0.146. The van der Waals surface area contributed by atoms with Crippen molar-refractivity contribution in [2.75, 3.05) is 26.2 Å². The predicted molar refractivity (Wildman–Crippen MR) is 81.9 cm³/mol. The normalized spacial score (nSPS) is 24.3. The lowest BCUT2D eigenvalue weighted by molar-refractivity contribution is 0.0457. The van der Waals surface area contributed by atoms with Crippen LogP contribution in [0, 0.1) is 5.41 Å². The number of fused-ring (bicyclic) bond motifs is 1. The highest BCUT2D eigenvalue weighted by molar-refractivity contribution is 5.94. The van der Waals surface area contributed by atoms with E-state index < -0.39 is 0 Å². The van der Waals surface area contributed by atoms with Crippen LogP contribution in [0.25, 0.3) is 0 Å². The van der Waals surface area contributed by atoms with Crippen LogP contribution in [-0.2, 0) is 6.54 Å². The topological polar surface area (TPSA) is 56.4 Å². The summed E-state index contributed by atoms with van der Waals surface area (Å²) in [6.45, 7) is 5.91. The lowest BCUT2D eigenvalue weighted by atomic mass is 9.99. The molecule has 2 aliphatic rings. The first-order valence-corrected chi connectivity index (χ1v) is 7.62. The molecule has 2 saturated heterocycles. The van der Waals surface area contributed by atoms with Crippen LogP contribution >= 0.6 is 0 Å². The molecule has 0 radical (unpaired) electrons. The molecule has 0 aromatic heterocycles. The van der Waals surface area contributed by atoms with E-state index in [1.165, 1.54) is 51.0 Å². The van der Waals surface area contributed by atoms with Crippen LogP contribution in [0.15, 0.2) is 24.3 Å². The second kappa shape index (κ2) is 5.94. The molecule has 1 unspecified atom stereocenters. The third kappa shape index (κ3) is 3.02. The van der Waals surface area contributed by atoms with Crippen molar-refractivity contribution in [3.05, 3.63) is 35.4 Å². The zero-order chi connectivity index (χ0) is 13.9. The third-order valence-electron chi connectivity index (χ3n) is 4.59. The van der Waals surface area contributed by atoms with Crippen molar-refractivity contribution in [3.8, 4) is 0 Å². The molecule has 1 aromatic rings. The maximum Gasteiger partial charge on any atom is 0.122 e. The fraction of sp³-hybridized carbons (Fsp3) is 0.562. The van der Waals surface area contributed by atoms with Crippen molar-refractivity contribution in [1.29, 1.82) is 5.41 Å². The van der Waals surface area contributed by atoms with Gasteiger partial charge in [-0.15, -0.1) is 0 Å². The Morgan fingerprint density at radius 1 is 1.15 bits per heavy atom. The standard InChI is InChI=1S/C16H24N4/c17-16(18)14-6-4-13(5-7-14)11-19-9-10-20-8-2-1-3-15(20)12-19/h4-7,15H,1-3,8-12H2,(H3,17,18). The number of nitrogens with one attached hydrogen (secondary N) is 1. The lowest BCUT2D eigenvalue weighted by Crippen LogP contribution is -2.54. The minimum Gasteiger partial charge on any atom is -0.384 e. The van der Waals surface area contributed by atoms with Crippen molar-refractivity contribution in [2.45, 2.75) is 31.8 Å². The SMILES string of the molecule is N=C(N)c1ccc(CN2CCN3CCCCC3C2)cc1. The van der Waals surface area contributed by atoms with Crippen LogP contribution in [0.2, 0.25) is 0 Å². The zero-order valence-electron chi connectivity index (χ0n) is 12.0. The number of nitrogen functional groups attached to an aromatic ring is 1. The summed E-state index contributed by atoms with van der Waals surface area (Å²) in [4.78, 5) is 5.23. The van der Waals surface area contributed by atoms with Gasteiger partial charge in [0.25, 0.3) is 0 Å². The number of hydrogen-bond donors (Lipinski definition) is 2. The third-order valence-corrected chi connectivity index (χ3v) is 4.59. The van der Waals surface area contributed by atoms with Gasteiger partial charge in [0, 0.05) is 37.8 Å². The van der Waals surface area contributed by atoms with Crippen molar-refractivity contribution in [1.82, 2.24) is 9.80 Å². The van der Waals surface area contributed by atoms with Gasteiger partial charge in [0.15, 0.2) is 0 Å². The summed E-state index contributed by atoms with van der Waals surface area (Å²) in [7, 11) is 0. The van der Waals surface area contributed by atoms with E-state index in [9.17, 15) is 0 Å². The van der Waals surface area contributed by atoms with Gasteiger partial charge in [-0.1, -0.05) is 30.7 Å². The van der Waals surface area contributed by atoms with Gasteiger partial charge in [-0.25, -0.2) is 0 Å². The van der Waals surface area contributed by atoms with Gasteiger partial charge < -0.3 is 5.73 Å². The maximum atomic E-state index is 7.42. The maximum absolute atomic E-state index is 7.42. The van der Waals surface area contributed by atoms with Gasteiger partial charge in [0.2, 0.25) is 0 Å². The van der Waals surface area contributed by atoms with Crippen LogP contribution in [0.3, 0.4) is 0 Å². The first kappa shape index (κ1) is 13.6. The highest BCUT2D eigenvalue weighted by atomic mass is 15.3. The van der Waals surface area contributed by atoms with E-state index in [1.807, 2.05) is 12.1 Å². The number of benzene rings is 1. The van der Waals surface area contributed by atoms with Crippen LogP contribution in [0.4, 0.5) is 0 Å². The molecule has 3 rings (SSSR count). The number of rotatable bonds is 3. The molecule has 4 heteroatoms. The van der Waals surface area contributed by atoms with E-state index >= 15 is 0 Å². The van der Waals surface area contributed by atoms with Crippen molar-refractivity contribution >= 4 is 5.84 Å². The molecular formula is C16H24N4. The Morgan fingerprint density at radius 3 is 2.70 bits per heavy atom. The van der Waals surface area contributed by atoms with Gasteiger partial charge in [0.05, 0.1) is 0 Å². The summed E-state index contributed by atoms with van der Waals surface area (Å²) in [5.74, 6) is 0.146. The Morgan fingerprint density at radius 2 is 1.95 bits per heavy atom. The molecule has 0 aliphatic carbocycles. The predicted octanol–water partition coefficient (Wildman–Crippen LogP) is 1.64. The summed E-state index contributed by atoms with van der Waals surface area (Å²) in [6, 6.07) is 8.88. The minimum atomic E-state index is 0.146. The van der Waals surface area contributed by atoms with E-state index in [0.29, 0.717) is 0 Å². The Balaban J connectivity index is 1.59. The zero-order valence-corrected chi connectivity index (χ0v) is 12.0. The molecular weight excluding hydrogens is 248 g/mol.